The third kappa shape index (κ3) is 4.92. The first-order valence-electron chi connectivity index (χ1n) is 11.5. The van der Waals surface area contributed by atoms with Crippen molar-refractivity contribution in [1.82, 2.24) is 30.0 Å². The lowest BCUT2D eigenvalue weighted by atomic mass is 9.96. The predicted octanol–water partition coefficient (Wildman–Crippen LogP) is 1.78. The Hall–Kier alpha value is -2.82. The maximum absolute atomic E-state index is 12.9. The van der Waals surface area contributed by atoms with E-state index in [1.165, 1.54) is 31.0 Å². The van der Waals surface area contributed by atoms with Crippen molar-refractivity contribution in [2.75, 3.05) is 38.5 Å². The molecule has 3 heterocycles. The molecule has 0 N–H and O–H groups in total. The molecule has 3 aliphatic rings. The number of carbonyl (C=O) groups excluding carboxylic acids is 2. The number of hydrogen-bond acceptors (Lipinski definition) is 8. The Morgan fingerprint density at radius 2 is 1.73 bits per heavy atom. The number of fused-ring (bicyclic) bond motifs is 1. The van der Waals surface area contributed by atoms with Crippen molar-refractivity contribution < 1.29 is 19.1 Å². The van der Waals surface area contributed by atoms with Crippen molar-refractivity contribution in [3.63, 3.8) is 0 Å². The molecule has 0 bridgehead atoms. The van der Waals surface area contributed by atoms with Gasteiger partial charge in [0.1, 0.15) is 6.61 Å². The second kappa shape index (κ2) is 9.98. The minimum Gasteiger partial charge on any atom is -0.485 e. The molecule has 33 heavy (non-hydrogen) atoms. The van der Waals surface area contributed by atoms with E-state index in [2.05, 4.69) is 15.5 Å². The summed E-state index contributed by atoms with van der Waals surface area (Å²) in [7, 11) is 0. The van der Waals surface area contributed by atoms with E-state index in [9.17, 15) is 9.59 Å². The number of thioether (sulfide) groups is 1. The highest BCUT2D eigenvalue weighted by atomic mass is 32.2. The Labute approximate surface area is 196 Å². The normalized spacial score (nSPS) is 21.2. The summed E-state index contributed by atoms with van der Waals surface area (Å²) in [5.74, 6) is 1.47. The number of nitrogens with zero attached hydrogens (tertiary/aromatic N) is 6. The first-order chi connectivity index (χ1) is 16.2. The van der Waals surface area contributed by atoms with Gasteiger partial charge in [0.25, 0.3) is 5.91 Å². The molecule has 10 nitrogen and oxygen atoms in total. The number of aromatic nitrogens is 4. The first-order valence-corrected chi connectivity index (χ1v) is 12.5. The largest absolute Gasteiger partial charge is 0.485 e. The van der Waals surface area contributed by atoms with Crippen LogP contribution in [0, 0.1) is 0 Å². The van der Waals surface area contributed by atoms with Gasteiger partial charge in [-0.2, -0.15) is 0 Å². The van der Waals surface area contributed by atoms with Gasteiger partial charge < -0.3 is 19.3 Å². The van der Waals surface area contributed by atoms with Crippen LogP contribution < -0.4 is 9.47 Å². The minimum atomic E-state index is -0.656. The number of ether oxygens (including phenoxy) is 2. The molecular formula is C22H28N6O4S. The van der Waals surface area contributed by atoms with Crippen molar-refractivity contribution in [2.24, 2.45) is 0 Å². The number of hydrogen-bond donors (Lipinski definition) is 0. The standard InChI is InChI=1S/C22H28N6O4S/c29-20(15-33-22-23-24-25-28(22)16-6-2-1-3-7-16)26-10-12-27(13-11-26)21(30)19-14-31-17-8-4-5-9-18(17)32-19/h4-5,8-9,16,19H,1-3,6-7,10-15H2/t19-/m1/s1. The fourth-order valence-electron chi connectivity index (χ4n) is 4.57. The second-order valence-electron chi connectivity index (χ2n) is 8.56. The molecule has 2 aliphatic heterocycles. The van der Waals surface area contributed by atoms with Gasteiger partial charge in [-0.3, -0.25) is 9.59 Å². The SMILES string of the molecule is O=C(CSc1nnnn1C1CCCCC1)N1CCN(C(=O)[C@H]2COc3ccccc3O2)CC1. The Kier molecular flexibility index (Phi) is 6.65. The van der Waals surface area contributed by atoms with Crippen LogP contribution in [0.25, 0.3) is 0 Å². The average molecular weight is 473 g/mol. The van der Waals surface area contributed by atoms with Crippen LogP contribution in [0.3, 0.4) is 0 Å². The number of para-hydroxylation sites is 2. The fraction of sp³-hybridized carbons (Fsp3) is 0.591. The molecule has 1 aromatic carbocycles. The third-order valence-electron chi connectivity index (χ3n) is 6.44. The number of rotatable bonds is 5. The summed E-state index contributed by atoms with van der Waals surface area (Å²) >= 11 is 1.39. The molecule has 5 rings (SSSR count). The van der Waals surface area contributed by atoms with Crippen LogP contribution in [0.2, 0.25) is 0 Å². The lowest BCUT2D eigenvalue weighted by molar-refractivity contribution is -0.145. The molecule has 0 radical (unpaired) electrons. The predicted molar refractivity (Wildman–Crippen MR) is 120 cm³/mol. The van der Waals surface area contributed by atoms with Crippen LogP contribution in [0.1, 0.15) is 38.1 Å². The summed E-state index contributed by atoms with van der Waals surface area (Å²) in [5, 5.41) is 12.8. The van der Waals surface area contributed by atoms with Crippen LogP contribution >= 0.6 is 11.8 Å². The van der Waals surface area contributed by atoms with E-state index in [1.54, 1.807) is 15.9 Å². The molecule has 1 atom stereocenters. The molecule has 1 saturated heterocycles. The summed E-state index contributed by atoms with van der Waals surface area (Å²) in [6.45, 7) is 2.17. The molecule has 1 saturated carbocycles. The zero-order valence-corrected chi connectivity index (χ0v) is 19.3. The van der Waals surface area contributed by atoms with Gasteiger partial charge in [-0.1, -0.05) is 43.2 Å². The van der Waals surface area contributed by atoms with E-state index in [4.69, 9.17) is 9.47 Å². The second-order valence-corrected chi connectivity index (χ2v) is 9.50. The lowest BCUT2D eigenvalue weighted by Gasteiger charge is -2.37. The van der Waals surface area contributed by atoms with E-state index in [0.29, 0.717) is 48.9 Å². The van der Waals surface area contributed by atoms with Gasteiger partial charge in [0.2, 0.25) is 17.2 Å². The number of benzene rings is 1. The fourth-order valence-corrected chi connectivity index (χ4v) is 5.42. The molecule has 2 amide bonds. The topological polar surface area (TPSA) is 103 Å². The molecule has 1 aliphatic carbocycles. The molecule has 2 fully saturated rings. The molecule has 2 aromatic rings. The summed E-state index contributed by atoms with van der Waals surface area (Å²) in [6.07, 6.45) is 5.17. The van der Waals surface area contributed by atoms with Crippen molar-refractivity contribution in [3.05, 3.63) is 24.3 Å². The summed E-state index contributed by atoms with van der Waals surface area (Å²) in [4.78, 5) is 29.2. The average Bonchev–Trinajstić information content (AvgIpc) is 3.36. The highest BCUT2D eigenvalue weighted by Crippen LogP contribution is 2.32. The number of tetrazole rings is 1. The summed E-state index contributed by atoms with van der Waals surface area (Å²) in [5.41, 5.74) is 0. The maximum Gasteiger partial charge on any atom is 0.267 e. The quantitative estimate of drug-likeness (QED) is 0.607. The van der Waals surface area contributed by atoms with Gasteiger partial charge in [-0.15, -0.1) is 5.10 Å². The third-order valence-corrected chi connectivity index (χ3v) is 7.35. The van der Waals surface area contributed by atoms with Gasteiger partial charge in [-0.25, -0.2) is 4.68 Å². The Bertz CT molecular complexity index is 987. The highest BCUT2D eigenvalue weighted by Gasteiger charge is 2.33. The lowest BCUT2D eigenvalue weighted by Crippen LogP contribution is -2.55. The van der Waals surface area contributed by atoms with Crippen molar-refractivity contribution in [1.29, 1.82) is 0 Å². The van der Waals surface area contributed by atoms with E-state index in [1.807, 2.05) is 22.9 Å². The smallest absolute Gasteiger partial charge is 0.267 e. The van der Waals surface area contributed by atoms with Gasteiger partial charge >= 0.3 is 0 Å². The van der Waals surface area contributed by atoms with Crippen LogP contribution in [-0.4, -0.2) is 86.5 Å². The van der Waals surface area contributed by atoms with Gasteiger partial charge in [0, 0.05) is 26.2 Å². The van der Waals surface area contributed by atoms with Crippen LogP contribution in [0.4, 0.5) is 0 Å². The van der Waals surface area contributed by atoms with Crippen LogP contribution in [0.15, 0.2) is 29.4 Å². The van der Waals surface area contributed by atoms with E-state index >= 15 is 0 Å². The molecule has 176 valence electrons. The van der Waals surface area contributed by atoms with Crippen molar-refractivity contribution in [3.8, 4) is 11.5 Å². The monoisotopic (exact) mass is 472 g/mol. The minimum absolute atomic E-state index is 0.0384. The summed E-state index contributed by atoms with van der Waals surface area (Å²) in [6, 6.07) is 7.68. The van der Waals surface area contributed by atoms with Crippen LogP contribution in [0.5, 0.6) is 11.5 Å². The molecule has 0 unspecified atom stereocenters. The summed E-state index contributed by atoms with van der Waals surface area (Å²) < 4.78 is 13.4. The van der Waals surface area contributed by atoms with Gasteiger partial charge in [-0.05, 0) is 35.4 Å². The van der Waals surface area contributed by atoms with Crippen molar-refractivity contribution >= 4 is 23.6 Å². The Morgan fingerprint density at radius 3 is 2.52 bits per heavy atom. The van der Waals surface area contributed by atoms with Gasteiger partial charge in [0.15, 0.2) is 11.5 Å². The van der Waals surface area contributed by atoms with Crippen molar-refractivity contribution in [2.45, 2.75) is 49.4 Å². The highest BCUT2D eigenvalue weighted by molar-refractivity contribution is 7.99. The van der Waals surface area contributed by atoms with Gasteiger partial charge in [0.05, 0.1) is 11.8 Å². The van der Waals surface area contributed by atoms with E-state index in [-0.39, 0.29) is 24.2 Å². The first kappa shape index (κ1) is 22.0. The number of amides is 2. The van der Waals surface area contributed by atoms with Crippen LogP contribution in [-0.2, 0) is 9.59 Å². The Morgan fingerprint density at radius 1 is 1.00 bits per heavy atom. The molecule has 1 aromatic heterocycles. The maximum atomic E-state index is 12.9. The zero-order chi connectivity index (χ0) is 22.6. The molecular weight excluding hydrogens is 444 g/mol. The van der Waals surface area contributed by atoms with E-state index in [0.717, 1.165) is 12.8 Å². The number of piperazine rings is 1. The number of carbonyl (C=O) groups is 2. The molecule has 0 spiro atoms. The van der Waals surface area contributed by atoms with E-state index < -0.39 is 6.10 Å². The Balaban J connectivity index is 1.09. The zero-order valence-electron chi connectivity index (χ0n) is 18.5. The molecule has 11 heteroatoms.